The molecule has 0 unspecified atom stereocenters. The highest BCUT2D eigenvalue weighted by Gasteiger charge is 2.16. The number of nitrogens with zero attached hydrogens (tertiary/aromatic N) is 1. The summed E-state index contributed by atoms with van der Waals surface area (Å²) in [6.45, 7) is 1.39. The third-order valence-electron chi connectivity index (χ3n) is 4.94. The summed E-state index contributed by atoms with van der Waals surface area (Å²) in [5.74, 6) is 2.01. The maximum atomic E-state index is 12.7. The number of aliphatic hydroxyl groups is 1. The second-order valence-corrected chi connectivity index (χ2v) is 7.40. The first-order chi connectivity index (χ1) is 15.1. The number of fused-ring (bicyclic) bond motifs is 2. The van der Waals surface area contributed by atoms with E-state index >= 15 is 0 Å². The normalized spacial score (nSPS) is 12.5. The van der Waals surface area contributed by atoms with Crippen molar-refractivity contribution in [3.05, 3.63) is 58.4 Å². The SMILES string of the molecule is COc1ccc(NC(=S)N(CCO)Cc2cc3cc4c(cc3[nH]c2=O)OCCO4)cc1. The molecule has 1 aliphatic rings. The zero-order valence-electron chi connectivity index (χ0n) is 17.0. The summed E-state index contributed by atoms with van der Waals surface area (Å²) in [4.78, 5) is 17.3. The molecule has 2 heterocycles. The number of ether oxygens (including phenoxy) is 3. The van der Waals surface area contributed by atoms with E-state index in [2.05, 4.69) is 10.3 Å². The average molecular weight is 442 g/mol. The van der Waals surface area contributed by atoms with Crippen molar-refractivity contribution in [3.63, 3.8) is 0 Å². The fourth-order valence-corrected chi connectivity index (χ4v) is 3.63. The van der Waals surface area contributed by atoms with Gasteiger partial charge in [0.05, 0.1) is 25.8 Å². The Morgan fingerprint density at radius 3 is 2.58 bits per heavy atom. The Kier molecular flexibility index (Phi) is 6.24. The van der Waals surface area contributed by atoms with E-state index in [9.17, 15) is 9.90 Å². The molecule has 1 aromatic heterocycles. The molecule has 0 bridgehead atoms. The molecule has 9 heteroatoms. The summed E-state index contributed by atoms with van der Waals surface area (Å²) in [5.41, 5.74) is 1.76. The van der Waals surface area contributed by atoms with Crippen LogP contribution >= 0.6 is 12.2 Å². The number of anilines is 1. The van der Waals surface area contributed by atoms with E-state index in [4.69, 9.17) is 26.4 Å². The molecular weight excluding hydrogens is 418 g/mol. The van der Waals surface area contributed by atoms with E-state index in [1.165, 1.54) is 0 Å². The number of H-pyrrole nitrogens is 1. The van der Waals surface area contributed by atoms with Gasteiger partial charge in [0.2, 0.25) is 0 Å². The van der Waals surface area contributed by atoms with E-state index in [0.717, 1.165) is 16.8 Å². The molecule has 3 N–H and O–H groups in total. The summed E-state index contributed by atoms with van der Waals surface area (Å²) in [6.07, 6.45) is 0. The van der Waals surface area contributed by atoms with Crippen molar-refractivity contribution in [1.82, 2.24) is 9.88 Å². The van der Waals surface area contributed by atoms with Crippen LogP contribution < -0.4 is 25.1 Å². The van der Waals surface area contributed by atoms with Crippen LogP contribution in [0.4, 0.5) is 5.69 Å². The zero-order valence-corrected chi connectivity index (χ0v) is 17.8. The van der Waals surface area contributed by atoms with Crippen LogP contribution in [-0.2, 0) is 6.54 Å². The van der Waals surface area contributed by atoms with Gasteiger partial charge in [-0.05, 0) is 48.6 Å². The number of benzene rings is 2. The van der Waals surface area contributed by atoms with Crippen molar-refractivity contribution in [2.75, 3.05) is 38.8 Å². The molecule has 4 rings (SSSR count). The number of hydrogen-bond donors (Lipinski definition) is 3. The van der Waals surface area contributed by atoms with Gasteiger partial charge >= 0.3 is 0 Å². The minimum atomic E-state index is -0.223. The average Bonchev–Trinajstić information content (AvgIpc) is 2.78. The van der Waals surface area contributed by atoms with Gasteiger partial charge in [-0.25, -0.2) is 0 Å². The van der Waals surface area contributed by atoms with Gasteiger partial charge in [0.1, 0.15) is 19.0 Å². The first-order valence-electron chi connectivity index (χ1n) is 9.84. The number of thiocarbonyl (C=S) groups is 1. The van der Waals surface area contributed by atoms with Crippen molar-refractivity contribution in [2.45, 2.75) is 6.54 Å². The molecule has 0 atom stereocenters. The Bertz CT molecular complexity index is 1150. The molecule has 8 nitrogen and oxygen atoms in total. The number of pyridine rings is 1. The van der Waals surface area contributed by atoms with Gasteiger partial charge in [-0.15, -0.1) is 0 Å². The summed E-state index contributed by atoms with van der Waals surface area (Å²) in [6, 6.07) is 12.8. The Hall–Kier alpha value is -3.30. The van der Waals surface area contributed by atoms with Gasteiger partial charge in [0.25, 0.3) is 5.56 Å². The van der Waals surface area contributed by atoms with Crippen LogP contribution in [0.1, 0.15) is 5.56 Å². The van der Waals surface area contributed by atoms with Crippen LogP contribution in [0.25, 0.3) is 10.9 Å². The summed E-state index contributed by atoms with van der Waals surface area (Å²) in [7, 11) is 1.60. The van der Waals surface area contributed by atoms with Gasteiger partial charge in [0.15, 0.2) is 16.6 Å². The maximum Gasteiger partial charge on any atom is 0.253 e. The standard InChI is InChI=1S/C22H23N3O5S/c1-28-17-4-2-16(3-5-17)23-22(31)25(6-7-26)13-15-10-14-11-19-20(30-9-8-29-19)12-18(14)24-21(15)27/h2-5,10-12,26H,6-9,13H2,1H3,(H,23,31)(H,24,27). The summed E-state index contributed by atoms with van der Waals surface area (Å²) < 4.78 is 16.4. The van der Waals surface area contributed by atoms with Gasteiger partial charge in [-0.3, -0.25) is 4.79 Å². The van der Waals surface area contributed by atoms with Crippen molar-refractivity contribution in [2.24, 2.45) is 0 Å². The van der Waals surface area contributed by atoms with Crippen molar-refractivity contribution < 1.29 is 19.3 Å². The molecule has 2 aromatic carbocycles. The molecule has 0 saturated heterocycles. The molecule has 0 fully saturated rings. The lowest BCUT2D eigenvalue weighted by Crippen LogP contribution is -2.37. The Balaban J connectivity index is 1.56. The molecule has 31 heavy (non-hydrogen) atoms. The fourth-order valence-electron chi connectivity index (χ4n) is 3.36. The summed E-state index contributed by atoms with van der Waals surface area (Å²) >= 11 is 5.53. The van der Waals surface area contributed by atoms with E-state index in [1.807, 2.05) is 36.4 Å². The molecule has 0 radical (unpaired) electrons. The van der Waals surface area contributed by atoms with E-state index < -0.39 is 0 Å². The Morgan fingerprint density at radius 1 is 1.19 bits per heavy atom. The predicted molar refractivity (Wildman–Crippen MR) is 122 cm³/mol. The van der Waals surface area contributed by atoms with E-state index in [1.54, 1.807) is 18.1 Å². The van der Waals surface area contributed by atoms with Crippen LogP contribution in [0, 0.1) is 0 Å². The second-order valence-electron chi connectivity index (χ2n) is 7.01. The number of aromatic nitrogens is 1. The zero-order chi connectivity index (χ0) is 21.8. The molecule has 0 saturated carbocycles. The van der Waals surface area contributed by atoms with Crippen LogP contribution in [0.3, 0.4) is 0 Å². The molecule has 162 valence electrons. The second kappa shape index (κ2) is 9.23. The van der Waals surface area contributed by atoms with E-state index in [-0.39, 0.29) is 25.3 Å². The monoisotopic (exact) mass is 441 g/mol. The number of aromatic amines is 1. The molecule has 0 aliphatic carbocycles. The topological polar surface area (TPSA) is 96.1 Å². The largest absolute Gasteiger partial charge is 0.497 e. The van der Waals surface area contributed by atoms with Crippen LogP contribution in [-0.4, -0.2) is 53.6 Å². The number of hydrogen-bond acceptors (Lipinski definition) is 6. The van der Waals surface area contributed by atoms with Crippen molar-refractivity contribution in [3.8, 4) is 17.2 Å². The van der Waals surface area contributed by atoms with Crippen LogP contribution in [0.2, 0.25) is 0 Å². The lowest BCUT2D eigenvalue weighted by Gasteiger charge is -2.25. The third kappa shape index (κ3) is 4.73. The molecule has 3 aromatic rings. The first-order valence-corrected chi connectivity index (χ1v) is 10.2. The molecule has 1 aliphatic heterocycles. The fraction of sp³-hybridized carbons (Fsp3) is 0.273. The molecular formula is C22H23N3O5S. The first kappa shape index (κ1) is 21.0. The Labute approximate surface area is 184 Å². The highest BCUT2D eigenvalue weighted by atomic mass is 32.1. The minimum Gasteiger partial charge on any atom is -0.497 e. The van der Waals surface area contributed by atoms with Crippen molar-refractivity contribution in [1.29, 1.82) is 0 Å². The number of rotatable bonds is 6. The number of methoxy groups -OCH3 is 1. The minimum absolute atomic E-state index is 0.103. The van der Waals surface area contributed by atoms with Gasteiger partial charge < -0.3 is 34.5 Å². The highest BCUT2D eigenvalue weighted by molar-refractivity contribution is 7.80. The third-order valence-corrected chi connectivity index (χ3v) is 5.30. The van der Waals surface area contributed by atoms with E-state index in [0.29, 0.717) is 40.9 Å². The van der Waals surface area contributed by atoms with Gasteiger partial charge in [0, 0.05) is 29.2 Å². The lowest BCUT2D eigenvalue weighted by molar-refractivity contribution is 0.172. The summed E-state index contributed by atoms with van der Waals surface area (Å²) in [5, 5.41) is 13.9. The maximum absolute atomic E-state index is 12.7. The lowest BCUT2D eigenvalue weighted by atomic mass is 10.1. The molecule has 0 spiro atoms. The highest BCUT2D eigenvalue weighted by Crippen LogP contribution is 2.33. The van der Waals surface area contributed by atoms with Crippen LogP contribution in [0.15, 0.2) is 47.3 Å². The predicted octanol–water partition coefficient (Wildman–Crippen LogP) is 2.50. The smallest absolute Gasteiger partial charge is 0.253 e. The van der Waals surface area contributed by atoms with Gasteiger partial charge in [-0.1, -0.05) is 0 Å². The Morgan fingerprint density at radius 2 is 1.90 bits per heavy atom. The van der Waals surface area contributed by atoms with Gasteiger partial charge in [-0.2, -0.15) is 0 Å². The van der Waals surface area contributed by atoms with Crippen LogP contribution in [0.5, 0.6) is 17.2 Å². The number of nitrogens with one attached hydrogen (secondary N) is 2. The molecule has 0 amide bonds. The number of aliphatic hydroxyl groups excluding tert-OH is 1. The quantitative estimate of drug-likeness (QED) is 0.502. The van der Waals surface area contributed by atoms with Crippen molar-refractivity contribution >= 4 is 33.9 Å².